The summed E-state index contributed by atoms with van der Waals surface area (Å²) in [4.78, 5) is 11.7. The topological polar surface area (TPSA) is 65.4 Å². The number of rotatable bonds is 2. The number of pyridine rings is 1. The van der Waals surface area contributed by atoms with Gasteiger partial charge in [-0.3, -0.25) is 0 Å². The highest BCUT2D eigenvalue weighted by Gasteiger charge is 2.09. The van der Waals surface area contributed by atoms with Crippen molar-refractivity contribution in [3.05, 3.63) is 59.0 Å². The summed E-state index contributed by atoms with van der Waals surface area (Å²) in [5.74, 6) is 0.547. The maximum Gasteiger partial charge on any atom is 0.178 e. The van der Waals surface area contributed by atoms with Gasteiger partial charge in [-0.25, -0.2) is 9.97 Å². The van der Waals surface area contributed by atoms with Gasteiger partial charge >= 0.3 is 0 Å². The standard InChI is InChI=1S/C17H14N4/c1-11-5-6-13(12(2)8-11)9-14(10-18)16-20-15-4-3-7-19-17(15)21-16/h3-9H,1-2H3,(H,19,20,21)/b14-9+. The molecule has 102 valence electrons. The average Bonchev–Trinajstić information content (AvgIpc) is 2.90. The second-order valence-electron chi connectivity index (χ2n) is 4.99. The van der Waals surface area contributed by atoms with E-state index in [4.69, 9.17) is 0 Å². The number of hydrogen-bond donors (Lipinski definition) is 1. The third-order valence-electron chi connectivity index (χ3n) is 3.36. The van der Waals surface area contributed by atoms with Crippen LogP contribution in [0.25, 0.3) is 22.8 Å². The molecular formula is C17H14N4. The van der Waals surface area contributed by atoms with Gasteiger partial charge < -0.3 is 4.98 Å². The van der Waals surface area contributed by atoms with Crippen LogP contribution in [0.2, 0.25) is 0 Å². The van der Waals surface area contributed by atoms with Crippen molar-refractivity contribution >= 4 is 22.8 Å². The van der Waals surface area contributed by atoms with E-state index < -0.39 is 0 Å². The van der Waals surface area contributed by atoms with Gasteiger partial charge in [-0.15, -0.1) is 0 Å². The number of H-pyrrole nitrogens is 1. The van der Waals surface area contributed by atoms with Gasteiger partial charge in [0, 0.05) is 6.20 Å². The SMILES string of the molecule is Cc1ccc(/C=C(\C#N)c2nc3ncccc3[nH]2)c(C)c1. The van der Waals surface area contributed by atoms with Crippen molar-refractivity contribution in [3.8, 4) is 6.07 Å². The molecule has 3 rings (SSSR count). The van der Waals surface area contributed by atoms with Crippen LogP contribution in [-0.2, 0) is 0 Å². The number of nitrogens with zero attached hydrogens (tertiary/aromatic N) is 3. The number of aromatic nitrogens is 3. The van der Waals surface area contributed by atoms with E-state index in [-0.39, 0.29) is 0 Å². The summed E-state index contributed by atoms with van der Waals surface area (Å²) in [5, 5.41) is 9.41. The fourth-order valence-electron chi connectivity index (χ4n) is 2.27. The molecule has 0 aliphatic rings. The molecule has 0 aliphatic heterocycles. The minimum Gasteiger partial charge on any atom is -0.336 e. The first-order chi connectivity index (χ1) is 10.2. The summed E-state index contributed by atoms with van der Waals surface area (Å²) in [6, 6.07) is 12.1. The number of fused-ring (bicyclic) bond motifs is 1. The third kappa shape index (κ3) is 2.54. The summed E-state index contributed by atoms with van der Waals surface area (Å²) < 4.78 is 0. The molecule has 0 amide bonds. The molecule has 0 aliphatic carbocycles. The first-order valence-corrected chi connectivity index (χ1v) is 6.67. The molecule has 4 nitrogen and oxygen atoms in total. The summed E-state index contributed by atoms with van der Waals surface area (Å²) in [6.45, 7) is 4.09. The van der Waals surface area contributed by atoms with Crippen molar-refractivity contribution in [3.63, 3.8) is 0 Å². The predicted molar refractivity (Wildman–Crippen MR) is 83.3 cm³/mol. The average molecular weight is 274 g/mol. The number of nitriles is 1. The largest absolute Gasteiger partial charge is 0.336 e. The molecule has 1 aromatic carbocycles. The molecule has 0 unspecified atom stereocenters. The maximum atomic E-state index is 9.41. The van der Waals surface area contributed by atoms with Crippen LogP contribution in [0.3, 0.4) is 0 Å². The Morgan fingerprint density at radius 1 is 1.29 bits per heavy atom. The summed E-state index contributed by atoms with van der Waals surface area (Å²) in [6.07, 6.45) is 3.54. The fraction of sp³-hybridized carbons (Fsp3) is 0.118. The number of allylic oxidation sites excluding steroid dienone is 1. The number of benzene rings is 1. The molecule has 0 saturated carbocycles. The van der Waals surface area contributed by atoms with E-state index in [1.807, 2.05) is 37.3 Å². The maximum absolute atomic E-state index is 9.41. The Morgan fingerprint density at radius 2 is 2.14 bits per heavy atom. The lowest BCUT2D eigenvalue weighted by molar-refractivity contribution is 1.25. The third-order valence-corrected chi connectivity index (χ3v) is 3.36. The van der Waals surface area contributed by atoms with Crippen LogP contribution in [0, 0.1) is 25.2 Å². The first-order valence-electron chi connectivity index (χ1n) is 6.67. The predicted octanol–water partition coefficient (Wildman–Crippen LogP) is 3.64. The van der Waals surface area contributed by atoms with Crippen molar-refractivity contribution in [2.45, 2.75) is 13.8 Å². The van der Waals surface area contributed by atoms with Crippen LogP contribution in [0.1, 0.15) is 22.5 Å². The number of hydrogen-bond acceptors (Lipinski definition) is 3. The van der Waals surface area contributed by atoms with E-state index in [9.17, 15) is 5.26 Å². The summed E-state index contributed by atoms with van der Waals surface area (Å²) in [5.41, 5.74) is 5.31. The van der Waals surface area contributed by atoms with E-state index >= 15 is 0 Å². The van der Waals surface area contributed by atoms with E-state index in [1.165, 1.54) is 5.56 Å². The van der Waals surface area contributed by atoms with Gasteiger partial charge in [0.2, 0.25) is 0 Å². The van der Waals surface area contributed by atoms with Crippen molar-refractivity contribution < 1.29 is 0 Å². The highest BCUT2D eigenvalue weighted by Crippen LogP contribution is 2.20. The van der Waals surface area contributed by atoms with Crippen molar-refractivity contribution in [1.29, 1.82) is 5.26 Å². The molecule has 21 heavy (non-hydrogen) atoms. The van der Waals surface area contributed by atoms with E-state index in [1.54, 1.807) is 6.20 Å². The quantitative estimate of drug-likeness (QED) is 0.725. The Bertz CT molecular complexity index is 848. The fourth-order valence-corrected chi connectivity index (χ4v) is 2.27. The Kier molecular flexibility index (Phi) is 3.25. The van der Waals surface area contributed by atoms with Crippen molar-refractivity contribution in [1.82, 2.24) is 15.0 Å². The molecule has 4 heteroatoms. The van der Waals surface area contributed by atoms with E-state index in [0.29, 0.717) is 17.0 Å². The molecule has 1 N–H and O–H groups in total. The second-order valence-corrected chi connectivity index (χ2v) is 4.99. The molecule has 3 aromatic rings. The Hall–Kier alpha value is -2.93. The van der Waals surface area contributed by atoms with E-state index in [2.05, 4.69) is 34.0 Å². The first kappa shape index (κ1) is 13.1. The Balaban J connectivity index is 2.09. The summed E-state index contributed by atoms with van der Waals surface area (Å²) in [7, 11) is 0. The van der Waals surface area contributed by atoms with Crippen LogP contribution < -0.4 is 0 Å². The molecule has 0 saturated heterocycles. The molecule has 0 radical (unpaired) electrons. The number of imidazole rings is 1. The Morgan fingerprint density at radius 3 is 2.86 bits per heavy atom. The molecule has 2 heterocycles. The monoisotopic (exact) mass is 274 g/mol. The molecular weight excluding hydrogens is 260 g/mol. The number of aromatic amines is 1. The Labute approximate surface area is 122 Å². The minimum atomic E-state index is 0.500. The normalized spacial score (nSPS) is 11.6. The lowest BCUT2D eigenvalue weighted by Gasteiger charge is -2.02. The second kappa shape index (κ2) is 5.22. The lowest BCUT2D eigenvalue weighted by Crippen LogP contribution is -1.87. The molecule has 0 fully saturated rings. The van der Waals surface area contributed by atoms with Gasteiger partial charge in [-0.1, -0.05) is 23.8 Å². The zero-order valence-electron chi connectivity index (χ0n) is 11.9. The highest BCUT2D eigenvalue weighted by molar-refractivity contribution is 5.90. The van der Waals surface area contributed by atoms with Gasteiger partial charge in [0.1, 0.15) is 6.07 Å². The van der Waals surface area contributed by atoms with Crippen LogP contribution in [0.5, 0.6) is 0 Å². The van der Waals surface area contributed by atoms with Gasteiger partial charge in [-0.2, -0.15) is 5.26 Å². The van der Waals surface area contributed by atoms with Gasteiger partial charge in [0.25, 0.3) is 0 Å². The lowest BCUT2D eigenvalue weighted by atomic mass is 10.0. The van der Waals surface area contributed by atoms with E-state index in [0.717, 1.165) is 16.6 Å². The molecule has 0 atom stereocenters. The van der Waals surface area contributed by atoms with Crippen LogP contribution in [0.15, 0.2) is 36.5 Å². The number of nitrogens with one attached hydrogen (secondary N) is 1. The van der Waals surface area contributed by atoms with Gasteiger partial charge in [0.15, 0.2) is 11.5 Å². The van der Waals surface area contributed by atoms with Crippen LogP contribution >= 0.6 is 0 Å². The molecule has 2 aromatic heterocycles. The molecule has 0 spiro atoms. The smallest absolute Gasteiger partial charge is 0.178 e. The zero-order chi connectivity index (χ0) is 14.8. The zero-order valence-corrected chi connectivity index (χ0v) is 11.9. The van der Waals surface area contributed by atoms with Gasteiger partial charge in [0.05, 0.1) is 11.1 Å². The van der Waals surface area contributed by atoms with Crippen LogP contribution in [-0.4, -0.2) is 15.0 Å². The van der Waals surface area contributed by atoms with Crippen molar-refractivity contribution in [2.75, 3.05) is 0 Å². The van der Waals surface area contributed by atoms with Gasteiger partial charge in [-0.05, 0) is 43.2 Å². The minimum absolute atomic E-state index is 0.500. The number of aryl methyl sites for hydroxylation is 2. The molecule has 0 bridgehead atoms. The highest BCUT2D eigenvalue weighted by atomic mass is 15.0. The summed E-state index contributed by atoms with van der Waals surface area (Å²) >= 11 is 0. The van der Waals surface area contributed by atoms with Crippen LogP contribution in [0.4, 0.5) is 0 Å². The van der Waals surface area contributed by atoms with Crippen molar-refractivity contribution in [2.24, 2.45) is 0 Å².